The standard InChI is InChI=1S/C21H24/c1-14-9-11-16(12-10-14)18-8-6-7-17-13-19(21(3,4)5)15(2)20(17)18/h6-12H,13H2,1-5H3. The van der Waals surface area contributed by atoms with Crippen LogP contribution in [0.3, 0.4) is 0 Å². The maximum absolute atomic E-state index is 2.32. The van der Waals surface area contributed by atoms with E-state index >= 15 is 0 Å². The van der Waals surface area contributed by atoms with Gasteiger partial charge in [-0.05, 0) is 53.5 Å². The highest BCUT2D eigenvalue weighted by Crippen LogP contribution is 2.45. The summed E-state index contributed by atoms with van der Waals surface area (Å²) < 4.78 is 0. The number of fused-ring (bicyclic) bond motifs is 1. The first-order valence-corrected chi connectivity index (χ1v) is 7.77. The number of benzene rings is 2. The molecule has 0 unspecified atom stereocenters. The summed E-state index contributed by atoms with van der Waals surface area (Å²) in [5.41, 5.74) is 10.3. The van der Waals surface area contributed by atoms with Gasteiger partial charge in [-0.2, -0.15) is 0 Å². The first kappa shape index (κ1) is 14.1. The predicted octanol–water partition coefficient (Wildman–Crippen LogP) is 6.04. The lowest BCUT2D eigenvalue weighted by Gasteiger charge is -2.22. The SMILES string of the molecule is CC1=C(C(C)(C)C)Cc2cccc(-c3ccc(C)cc3)c21. The molecular weight excluding hydrogens is 252 g/mol. The van der Waals surface area contributed by atoms with Crippen LogP contribution in [0.4, 0.5) is 0 Å². The van der Waals surface area contributed by atoms with E-state index in [2.05, 4.69) is 77.1 Å². The van der Waals surface area contributed by atoms with E-state index < -0.39 is 0 Å². The summed E-state index contributed by atoms with van der Waals surface area (Å²) in [4.78, 5) is 0. The Morgan fingerprint density at radius 3 is 2.14 bits per heavy atom. The average molecular weight is 276 g/mol. The molecule has 0 spiro atoms. The summed E-state index contributed by atoms with van der Waals surface area (Å²) in [5.74, 6) is 0. The molecule has 2 aromatic carbocycles. The molecule has 0 heteroatoms. The molecular formula is C21H24. The molecule has 0 radical (unpaired) electrons. The van der Waals surface area contributed by atoms with Gasteiger partial charge in [0.05, 0.1) is 0 Å². The van der Waals surface area contributed by atoms with Crippen molar-refractivity contribution in [2.24, 2.45) is 5.41 Å². The summed E-state index contributed by atoms with van der Waals surface area (Å²) >= 11 is 0. The van der Waals surface area contributed by atoms with Gasteiger partial charge >= 0.3 is 0 Å². The van der Waals surface area contributed by atoms with Crippen LogP contribution < -0.4 is 0 Å². The minimum absolute atomic E-state index is 0.244. The molecule has 0 fully saturated rings. The second-order valence-corrected chi connectivity index (χ2v) is 7.24. The first-order chi connectivity index (χ1) is 9.88. The molecule has 0 saturated carbocycles. The van der Waals surface area contributed by atoms with E-state index in [1.807, 2.05) is 0 Å². The second kappa shape index (κ2) is 4.87. The van der Waals surface area contributed by atoms with Crippen molar-refractivity contribution in [2.75, 3.05) is 0 Å². The fourth-order valence-corrected chi connectivity index (χ4v) is 3.47. The smallest absolute Gasteiger partial charge is 0.00496 e. The van der Waals surface area contributed by atoms with Gasteiger partial charge in [-0.15, -0.1) is 0 Å². The zero-order valence-electron chi connectivity index (χ0n) is 13.7. The molecule has 108 valence electrons. The van der Waals surface area contributed by atoms with Crippen molar-refractivity contribution in [3.05, 3.63) is 64.7 Å². The van der Waals surface area contributed by atoms with Crippen LogP contribution >= 0.6 is 0 Å². The van der Waals surface area contributed by atoms with Crippen molar-refractivity contribution < 1.29 is 0 Å². The molecule has 3 rings (SSSR count). The molecule has 1 aliphatic carbocycles. The van der Waals surface area contributed by atoms with Gasteiger partial charge in [-0.3, -0.25) is 0 Å². The molecule has 0 amide bonds. The fourth-order valence-electron chi connectivity index (χ4n) is 3.47. The van der Waals surface area contributed by atoms with Gasteiger partial charge in [0.15, 0.2) is 0 Å². The van der Waals surface area contributed by atoms with E-state index in [0.29, 0.717) is 0 Å². The normalized spacial score (nSPS) is 14.5. The Labute approximate surface area is 128 Å². The third-order valence-electron chi connectivity index (χ3n) is 4.61. The van der Waals surface area contributed by atoms with Gasteiger partial charge in [0.2, 0.25) is 0 Å². The first-order valence-electron chi connectivity index (χ1n) is 7.77. The van der Waals surface area contributed by atoms with E-state index in [1.54, 1.807) is 5.57 Å². The molecule has 0 nitrogen and oxygen atoms in total. The third kappa shape index (κ3) is 2.44. The Morgan fingerprint density at radius 2 is 1.52 bits per heavy atom. The van der Waals surface area contributed by atoms with Crippen LogP contribution in [0.25, 0.3) is 16.7 Å². The Bertz CT molecular complexity index is 707. The van der Waals surface area contributed by atoms with Crippen molar-refractivity contribution in [3.8, 4) is 11.1 Å². The van der Waals surface area contributed by atoms with Gasteiger partial charge < -0.3 is 0 Å². The molecule has 0 saturated heterocycles. The second-order valence-electron chi connectivity index (χ2n) is 7.24. The van der Waals surface area contributed by atoms with Crippen LogP contribution in [0.2, 0.25) is 0 Å². The van der Waals surface area contributed by atoms with E-state index in [-0.39, 0.29) is 5.41 Å². The number of hydrogen-bond donors (Lipinski definition) is 0. The lowest BCUT2D eigenvalue weighted by Crippen LogP contribution is -2.09. The van der Waals surface area contributed by atoms with Crippen molar-refractivity contribution >= 4 is 5.57 Å². The maximum atomic E-state index is 2.32. The van der Waals surface area contributed by atoms with Gasteiger partial charge in [0, 0.05) is 0 Å². The fraction of sp³-hybridized carbons (Fsp3) is 0.333. The Kier molecular flexibility index (Phi) is 3.28. The zero-order chi connectivity index (χ0) is 15.2. The highest BCUT2D eigenvalue weighted by atomic mass is 14.3. The van der Waals surface area contributed by atoms with E-state index in [1.165, 1.54) is 33.4 Å². The van der Waals surface area contributed by atoms with E-state index in [9.17, 15) is 0 Å². The zero-order valence-corrected chi connectivity index (χ0v) is 13.7. The van der Waals surface area contributed by atoms with Gasteiger partial charge in [-0.1, -0.05) is 74.4 Å². The summed E-state index contributed by atoms with van der Waals surface area (Å²) in [5, 5.41) is 0. The molecule has 0 heterocycles. The molecule has 0 bridgehead atoms. The van der Waals surface area contributed by atoms with Crippen LogP contribution in [0.5, 0.6) is 0 Å². The summed E-state index contributed by atoms with van der Waals surface area (Å²) in [6.07, 6.45) is 1.10. The van der Waals surface area contributed by atoms with Crippen molar-refractivity contribution in [2.45, 2.75) is 41.0 Å². The summed E-state index contributed by atoms with van der Waals surface area (Å²) in [7, 11) is 0. The van der Waals surface area contributed by atoms with Crippen LogP contribution in [0, 0.1) is 12.3 Å². The largest absolute Gasteiger partial charge is 0.0613 e. The molecule has 21 heavy (non-hydrogen) atoms. The predicted molar refractivity (Wildman–Crippen MR) is 92.4 cm³/mol. The molecule has 2 aromatic rings. The van der Waals surface area contributed by atoms with Gasteiger partial charge in [0.1, 0.15) is 0 Å². The van der Waals surface area contributed by atoms with Crippen LogP contribution in [-0.2, 0) is 6.42 Å². The number of allylic oxidation sites excluding steroid dienone is 2. The van der Waals surface area contributed by atoms with E-state index in [4.69, 9.17) is 0 Å². The molecule has 0 aliphatic heterocycles. The summed E-state index contributed by atoms with van der Waals surface area (Å²) in [6.45, 7) is 11.4. The molecule has 0 N–H and O–H groups in total. The monoisotopic (exact) mass is 276 g/mol. The maximum Gasteiger partial charge on any atom is -0.00496 e. The highest BCUT2D eigenvalue weighted by molar-refractivity contribution is 5.87. The van der Waals surface area contributed by atoms with E-state index in [0.717, 1.165) is 6.42 Å². The number of aryl methyl sites for hydroxylation is 1. The molecule has 0 aromatic heterocycles. The number of rotatable bonds is 1. The Balaban J connectivity index is 2.18. The quantitative estimate of drug-likeness (QED) is 0.596. The summed E-state index contributed by atoms with van der Waals surface area (Å²) in [6, 6.07) is 15.6. The van der Waals surface area contributed by atoms with Crippen molar-refractivity contribution in [1.29, 1.82) is 0 Å². The Hall–Kier alpha value is -1.82. The van der Waals surface area contributed by atoms with Gasteiger partial charge in [0.25, 0.3) is 0 Å². The lowest BCUT2D eigenvalue weighted by atomic mass is 9.83. The molecule has 1 aliphatic rings. The minimum Gasteiger partial charge on any atom is -0.0613 e. The van der Waals surface area contributed by atoms with Crippen molar-refractivity contribution in [3.63, 3.8) is 0 Å². The third-order valence-corrected chi connectivity index (χ3v) is 4.61. The van der Waals surface area contributed by atoms with Crippen LogP contribution in [0.1, 0.15) is 44.4 Å². The number of hydrogen-bond acceptors (Lipinski definition) is 0. The average Bonchev–Trinajstić information content (AvgIpc) is 2.77. The topological polar surface area (TPSA) is 0 Å². The highest BCUT2D eigenvalue weighted by Gasteiger charge is 2.28. The van der Waals surface area contributed by atoms with Crippen LogP contribution in [0.15, 0.2) is 48.0 Å². The van der Waals surface area contributed by atoms with Gasteiger partial charge in [-0.25, -0.2) is 0 Å². The van der Waals surface area contributed by atoms with Crippen molar-refractivity contribution in [1.82, 2.24) is 0 Å². The molecule has 0 atom stereocenters. The minimum atomic E-state index is 0.244. The van der Waals surface area contributed by atoms with Crippen LogP contribution in [-0.4, -0.2) is 0 Å². The Morgan fingerprint density at radius 1 is 0.857 bits per heavy atom. The lowest BCUT2D eigenvalue weighted by molar-refractivity contribution is 0.496.